The van der Waals surface area contributed by atoms with Crippen molar-refractivity contribution in [2.24, 2.45) is 0 Å². The fraction of sp³-hybridized carbons (Fsp3) is 0. The van der Waals surface area contributed by atoms with Gasteiger partial charge >= 0.3 is 29.6 Å². The number of hydrogen-bond donors (Lipinski definition) is 2. The maximum atomic E-state index is 10.4. The summed E-state index contributed by atoms with van der Waals surface area (Å²) in [6.45, 7) is 0. The fourth-order valence-corrected chi connectivity index (χ4v) is 0.431. The van der Waals surface area contributed by atoms with Crippen LogP contribution in [-0.2, 0) is 0 Å². The van der Waals surface area contributed by atoms with E-state index in [0.29, 0.717) is 0 Å². The van der Waals surface area contributed by atoms with Gasteiger partial charge in [-0.3, -0.25) is 9.59 Å². The van der Waals surface area contributed by atoms with Gasteiger partial charge in [-0.2, -0.15) is 0 Å². The Labute approximate surface area is 82.2 Å². The van der Waals surface area contributed by atoms with Crippen LogP contribution in [-0.4, -0.2) is 10.2 Å². The van der Waals surface area contributed by atoms with Gasteiger partial charge in [-0.05, 0) is 0 Å². The van der Waals surface area contributed by atoms with E-state index in [1.807, 2.05) is 5.10 Å². The van der Waals surface area contributed by atoms with Gasteiger partial charge in [-0.15, -0.1) is 0 Å². The normalized spacial score (nSPS) is 8.40. The van der Waals surface area contributed by atoms with Crippen LogP contribution in [0.3, 0.4) is 0 Å². The Morgan fingerprint density at radius 1 is 1.30 bits per heavy atom. The van der Waals surface area contributed by atoms with E-state index in [9.17, 15) is 9.59 Å². The van der Waals surface area contributed by atoms with Gasteiger partial charge in [-0.1, -0.05) is 12.2 Å². The molecule has 5 nitrogen and oxygen atoms in total. The molecule has 48 valence electrons. The van der Waals surface area contributed by atoms with Crippen molar-refractivity contribution < 1.29 is 29.6 Å². The summed E-state index contributed by atoms with van der Waals surface area (Å²) in [6.07, 6.45) is 0. The van der Waals surface area contributed by atoms with Crippen LogP contribution in [0.5, 0.6) is 0 Å². The predicted octanol–water partition coefficient (Wildman–Crippen LogP) is -4.25. The Kier molecular flexibility index (Phi) is 3.80. The third kappa shape index (κ3) is 2.22. The van der Waals surface area contributed by atoms with Gasteiger partial charge in [0, 0.05) is 0 Å². The van der Waals surface area contributed by atoms with Crippen LogP contribution in [0.1, 0.15) is 0 Å². The molecule has 1 aromatic rings. The molecular formula is C3H2N3NaO2S. The maximum absolute atomic E-state index is 10.4. The molecule has 2 N–H and O–H groups in total. The molecular weight excluding hydrogens is 165 g/mol. The van der Waals surface area contributed by atoms with Crippen molar-refractivity contribution in [2.75, 3.05) is 0 Å². The third-order valence-corrected chi connectivity index (χ3v) is 0.957. The first-order valence-electron chi connectivity index (χ1n) is 2.06. The molecule has 0 saturated carbocycles. The summed E-state index contributed by atoms with van der Waals surface area (Å²) in [6, 6.07) is 0. The monoisotopic (exact) mass is 167 g/mol. The van der Waals surface area contributed by atoms with Crippen LogP contribution in [0.2, 0.25) is 0 Å². The SMILES string of the molecule is O=c1[n-]c(=O)c(=S)[nH][nH]1.[Na+]. The molecule has 1 rings (SSSR count). The molecule has 1 heterocycles. The Hall–Kier alpha value is -0.170. The van der Waals surface area contributed by atoms with E-state index in [0.717, 1.165) is 0 Å². The maximum Gasteiger partial charge on any atom is 1.00 e. The first kappa shape index (κ1) is 9.83. The summed E-state index contributed by atoms with van der Waals surface area (Å²) in [5, 5.41) is 4.21. The van der Waals surface area contributed by atoms with Crippen LogP contribution >= 0.6 is 12.2 Å². The minimum Gasteiger partial charge on any atom is -0.376 e. The van der Waals surface area contributed by atoms with Gasteiger partial charge < -0.3 is 15.2 Å². The van der Waals surface area contributed by atoms with Crippen LogP contribution < -0.4 is 45.8 Å². The summed E-state index contributed by atoms with van der Waals surface area (Å²) < 4.78 is -0.0883. The predicted molar refractivity (Wildman–Crippen MR) is 31.8 cm³/mol. The van der Waals surface area contributed by atoms with Crippen LogP contribution in [0.4, 0.5) is 0 Å². The standard InChI is InChI=1S/C3H3N3O2S.Na/c7-1-2(9)5-6-3(8)4-1;/h(H3,4,5,6,7,8,9);/q;+1/p-1. The molecule has 0 aromatic carbocycles. The number of aromatic nitrogens is 3. The number of H-pyrrole nitrogens is 2. The Balaban J connectivity index is 0.000000810. The number of rotatable bonds is 0. The van der Waals surface area contributed by atoms with Gasteiger partial charge in [0.25, 0.3) is 0 Å². The van der Waals surface area contributed by atoms with E-state index in [1.54, 1.807) is 0 Å². The molecule has 0 spiro atoms. The molecule has 0 aliphatic heterocycles. The summed E-state index contributed by atoms with van der Waals surface area (Å²) >= 11 is 4.41. The van der Waals surface area contributed by atoms with E-state index in [-0.39, 0.29) is 34.2 Å². The van der Waals surface area contributed by atoms with Gasteiger partial charge in [0.15, 0.2) is 5.69 Å². The molecule has 0 fully saturated rings. The zero-order valence-corrected chi connectivity index (χ0v) is 7.99. The number of hydrogen-bond acceptors (Lipinski definition) is 3. The number of nitrogens with one attached hydrogen (secondary N) is 2. The zero-order valence-electron chi connectivity index (χ0n) is 5.17. The van der Waals surface area contributed by atoms with Crippen molar-refractivity contribution >= 4 is 12.2 Å². The second-order valence-corrected chi connectivity index (χ2v) is 1.71. The summed E-state index contributed by atoms with van der Waals surface area (Å²) in [5.41, 5.74) is -1.41. The smallest absolute Gasteiger partial charge is 0.376 e. The van der Waals surface area contributed by atoms with Gasteiger partial charge in [0.05, 0.1) is 0 Å². The van der Waals surface area contributed by atoms with Crippen molar-refractivity contribution in [3.63, 3.8) is 0 Å². The molecule has 0 unspecified atom stereocenters. The third-order valence-electron chi connectivity index (χ3n) is 0.680. The average molecular weight is 167 g/mol. The Morgan fingerprint density at radius 3 is 2.30 bits per heavy atom. The Morgan fingerprint density at radius 2 is 1.90 bits per heavy atom. The van der Waals surface area contributed by atoms with Crippen molar-refractivity contribution in [1.29, 1.82) is 0 Å². The average Bonchev–Trinajstić information content (AvgIpc) is 1.80. The van der Waals surface area contributed by atoms with E-state index < -0.39 is 11.2 Å². The number of nitrogens with zero attached hydrogens (tertiary/aromatic N) is 1. The van der Waals surface area contributed by atoms with Gasteiger partial charge in [0.1, 0.15) is 4.64 Å². The molecule has 0 radical (unpaired) electrons. The molecule has 0 aliphatic carbocycles. The molecule has 1 aromatic heterocycles. The molecule has 0 aliphatic rings. The molecule has 0 atom stereocenters. The first-order valence-corrected chi connectivity index (χ1v) is 2.47. The first-order chi connectivity index (χ1) is 4.20. The van der Waals surface area contributed by atoms with Crippen molar-refractivity contribution in [3.05, 3.63) is 25.5 Å². The van der Waals surface area contributed by atoms with E-state index in [4.69, 9.17) is 0 Å². The van der Waals surface area contributed by atoms with E-state index in [2.05, 4.69) is 22.3 Å². The minimum atomic E-state index is -0.714. The largest absolute Gasteiger partial charge is 1.00 e. The molecule has 0 saturated heterocycles. The van der Waals surface area contributed by atoms with Gasteiger partial charge in [-0.25, -0.2) is 0 Å². The fourth-order valence-electron chi connectivity index (χ4n) is 0.335. The molecule has 7 heteroatoms. The van der Waals surface area contributed by atoms with Crippen molar-refractivity contribution in [1.82, 2.24) is 15.2 Å². The van der Waals surface area contributed by atoms with Crippen LogP contribution in [0.25, 0.3) is 0 Å². The van der Waals surface area contributed by atoms with Crippen LogP contribution in [0, 0.1) is 4.64 Å². The second kappa shape index (κ2) is 3.87. The second-order valence-electron chi connectivity index (χ2n) is 1.30. The molecule has 0 bridgehead atoms. The van der Waals surface area contributed by atoms with Gasteiger partial charge in [0.2, 0.25) is 5.56 Å². The quantitative estimate of drug-likeness (QED) is 0.303. The summed E-state index contributed by atoms with van der Waals surface area (Å²) in [5.74, 6) is 0. The van der Waals surface area contributed by atoms with E-state index >= 15 is 0 Å². The van der Waals surface area contributed by atoms with Crippen LogP contribution in [0.15, 0.2) is 9.59 Å². The van der Waals surface area contributed by atoms with E-state index in [1.165, 1.54) is 0 Å². The summed E-state index contributed by atoms with van der Waals surface area (Å²) in [4.78, 5) is 23.5. The zero-order chi connectivity index (χ0) is 6.85. The van der Waals surface area contributed by atoms with Crippen molar-refractivity contribution in [3.8, 4) is 0 Å². The summed E-state index contributed by atoms with van der Waals surface area (Å²) in [7, 11) is 0. The Bertz CT molecular complexity index is 363. The number of aromatic amines is 2. The molecule has 0 amide bonds. The molecule has 10 heavy (non-hydrogen) atoms. The van der Waals surface area contributed by atoms with Crippen molar-refractivity contribution in [2.45, 2.75) is 0 Å². The topological polar surface area (TPSA) is 79.8 Å². The minimum absolute atomic E-state index is 0.